The van der Waals surface area contributed by atoms with Crippen molar-refractivity contribution in [2.75, 3.05) is 32.1 Å². The Hall–Kier alpha value is -1.06. The van der Waals surface area contributed by atoms with Crippen LogP contribution in [0.2, 0.25) is 0 Å². The van der Waals surface area contributed by atoms with Crippen LogP contribution in [0.25, 0.3) is 0 Å². The number of hydrogen-bond acceptors (Lipinski definition) is 2. The molecule has 116 valence electrons. The average molecular weight is 309 g/mol. The first-order valence-corrected chi connectivity index (χ1v) is 8.17. The van der Waals surface area contributed by atoms with Gasteiger partial charge in [0.2, 0.25) is 5.91 Å². The van der Waals surface area contributed by atoms with Gasteiger partial charge in [0.05, 0.1) is 0 Å². The molecule has 21 heavy (non-hydrogen) atoms. The summed E-state index contributed by atoms with van der Waals surface area (Å²) in [5.74, 6) is 0.605. The van der Waals surface area contributed by atoms with E-state index in [1.807, 2.05) is 4.90 Å². The maximum Gasteiger partial charge on any atom is 0.223 e. The lowest BCUT2D eigenvalue weighted by atomic mass is 9.99. The maximum absolute atomic E-state index is 11.8. The van der Waals surface area contributed by atoms with Crippen molar-refractivity contribution in [1.82, 2.24) is 9.80 Å². The van der Waals surface area contributed by atoms with Crippen LogP contribution >= 0.6 is 11.6 Å². The van der Waals surface area contributed by atoms with Crippen molar-refractivity contribution in [3.05, 3.63) is 34.4 Å². The number of aryl methyl sites for hydroxylation is 3. The number of amides is 1. The Morgan fingerprint density at radius 3 is 2.19 bits per heavy atom. The van der Waals surface area contributed by atoms with Crippen molar-refractivity contribution in [1.29, 1.82) is 0 Å². The summed E-state index contributed by atoms with van der Waals surface area (Å²) in [6.07, 6.45) is 0.456. The number of rotatable bonds is 4. The van der Waals surface area contributed by atoms with Crippen molar-refractivity contribution < 1.29 is 4.79 Å². The number of piperazine rings is 1. The summed E-state index contributed by atoms with van der Waals surface area (Å²) in [6, 6.07) is 4.51. The number of carbonyl (C=O) groups excluding carboxylic acids is 1. The smallest absolute Gasteiger partial charge is 0.223 e. The van der Waals surface area contributed by atoms with Gasteiger partial charge in [-0.1, -0.05) is 17.7 Å². The van der Waals surface area contributed by atoms with Gasteiger partial charge in [0, 0.05) is 45.0 Å². The fourth-order valence-corrected chi connectivity index (χ4v) is 3.24. The zero-order chi connectivity index (χ0) is 15.4. The van der Waals surface area contributed by atoms with Crippen LogP contribution in [0.3, 0.4) is 0 Å². The van der Waals surface area contributed by atoms with Crippen LogP contribution in [-0.4, -0.2) is 47.8 Å². The van der Waals surface area contributed by atoms with Gasteiger partial charge in [0.1, 0.15) is 0 Å². The Morgan fingerprint density at radius 2 is 1.67 bits per heavy atom. The first kappa shape index (κ1) is 16.3. The molecular formula is C17H25ClN2O. The van der Waals surface area contributed by atoms with Crippen LogP contribution in [-0.2, 0) is 11.3 Å². The van der Waals surface area contributed by atoms with Gasteiger partial charge in [0.25, 0.3) is 0 Å². The third-order valence-electron chi connectivity index (χ3n) is 4.26. The maximum atomic E-state index is 11.8. The molecule has 1 saturated heterocycles. The summed E-state index contributed by atoms with van der Waals surface area (Å²) in [5.41, 5.74) is 5.49. The second-order valence-corrected chi connectivity index (χ2v) is 6.35. The standard InChI is InChI=1S/C17H25ClN2O/c1-13-10-14(2)16(15(3)11-13)12-19-6-8-20(9-7-19)17(21)4-5-18/h10-11H,4-9,12H2,1-3H3. The van der Waals surface area contributed by atoms with Crippen molar-refractivity contribution in [2.24, 2.45) is 0 Å². The van der Waals surface area contributed by atoms with E-state index < -0.39 is 0 Å². The van der Waals surface area contributed by atoms with Crippen LogP contribution in [0.4, 0.5) is 0 Å². The Labute approximate surface area is 132 Å². The summed E-state index contributed by atoms with van der Waals surface area (Å²) < 4.78 is 0. The van der Waals surface area contributed by atoms with Gasteiger partial charge in [-0.3, -0.25) is 9.69 Å². The molecule has 1 aliphatic heterocycles. The summed E-state index contributed by atoms with van der Waals surface area (Å²) in [6.45, 7) is 11.0. The second-order valence-electron chi connectivity index (χ2n) is 5.97. The molecule has 2 rings (SSSR count). The molecule has 1 fully saturated rings. The summed E-state index contributed by atoms with van der Waals surface area (Å²) in [7, 11) is 0. The number of halogens is 1. The van der Waals surface area contributed by atoms with Crippen molar-refractivity contribution in [2.45, 2.75) is 33.7 Å². The highest BCUT2D eigenvalue weighted by atomic mass is 35.5. The van der Waals surface area contributed by atoms with Crippen LogP contribution in [0, 0.1) is 20.8 Å². The number of carbonyl (C=O) groups is 1. The van der Waals surface area contributed by atoms with Crippen molar-refractivity contribution in [3.63, 3.8) is 0 Å². The van der Waals surface area contributed by atoms with Gasteiger partial charge in [-0.25, -0.2) is 0 Å². The Balaban J connectivity index is 1.94. The molecule has 0 bridgehead atoms. The minimum absolute atomic E-state index is 0.187. The number of nitrogens with zero attached hydrogens (tertiary/aromatic N) is 2. The van der Waals surface area contributed by atoms with Gasteiger partial charge in [-0.05, 0) is 37.5 Å². The van der Waals surface area contributed by atoms with Crippen molar-refractivity contribution in [3.8, 4) is 0 Å². The SMILES string of the molecule is Cc1cc(C)c(CN2CCN(C(=O)CCCl)CC2)c(C)c1. The van der Waals surface area contributed by atoms with Gasteiger partial charge < -0.3 is 4.90 Å². The summed E-state index contributed by atoms with van der Waals surface area (Å²) in [4.78, 5) is 16.2. The predicted octanol–water partition coefficient (Wildman–Crippen LogP) is 2.88. The van der Waals surface area contributed by atoms with E-state index in [4.69, 9.17) is 11.6 Å². The Morgan fingerprint density at radius 1 is 1.10 bits per heavy atom. The molecule has 0 radical (unpaired) electrons. The molecule has 1 heterocycles. The number of hydrogen-bond donors (Lipinski definition) is 0. The molecule has 1 aromatic carbocycles. The fourth-order valence-electron chi connectivity index (χ4n) is 3.08. The van der Waals surface area contributed by atoms with Crippen LogP contribution in [0.5, 0.6) is 0 Å². The molecule has 4 heteroatoms. The van der Waals surface area contributed by atoms with Gasteiger partial charge in [-0.15, -0.1) is 11.6 Å². The second kappa shape index (κ2) is 7.28. The Kier molecular flexibility index (Phi) is 5.65. The third kappa shape index (κ3) is 4.21. The highest BCUT2D eigenvalue weighted by molar-refractivity contribution is 6.18. The largest absolute Gasteiger partial charge is 0.340 e. The minimum Gasteiger partial charge on any atom is -0.340 e. The van der Waals surface area contributed by atoms with Gasteiger partial charge >= 0.3 is 0 Å². The number of alkyl halides is 1. The van der Waals surface area contributed by atoms with Gasteiger partial charge in [-0.2, -0.15) is 0 Å². The van der Waals surface area contributed by atoms with E-state index >= 15 is 0 Å². The molecule has 0 atom stereocenters. The van der Waals surface area contributed by atoms with Crippen LogP contribution in [0.1, 0.15) is 28.7 Å². The lowest BCUT2D eigenvalue weighted by Crippen LogP contribution is -2.48. The molecular weight excluding hydrogens is 284 g/mol. The molecule has 0 unspecified atom stereocenters. The quantitative estimate of drug-likeness (QED) is 0.799. The fraction of sp³-hybridized carbons (Fsp3) is 0.588. The van der Waals surface area contributed by atoms with Crippen LogP contribution < -0.4 is 0 Å². The lowest BCUT2D eigenvalue weighted by molar-refractivity contribution is -0.132. The first-order chi connectivity index (χ1) is 10.0. The monoisotopic (exact) mass is 308 g/mol. The van der Waals surface area contributed by atoms with E-state index in [9.17, 15) is 4.79 Å². The molecule has 0 spiro atoms. The third-order valence-corrected chi connectivity index (χ3v) is 4.44. The van der Waals surface area contributed by atoms with E-state index in [0.717, 1.165) is 32.7 Å². The zero-order valence-corrected chi connectivity index (χ0v) is 14.0. The minimum atomic E-state index is 0.187. The molecule has 0 saturated carbocycles. The zero-order valence-electron chi connectivity index (χ0n) is 13.3. The van der Waals surface area contributed by atoms with E-state index in [1.54, 1.807) is 0 Å². The average Bonchev–Trinajstić information content (AvgIpc) is 2.43. The van der Waals surface area contributed by atoms with E-state index in [2.05, 4.69) is 37.8 Å². The molecule has 1 aliphatic rings. The Bertz CT molecular complexity index is 485. The van der Waals surface area contributed by atoms with E-state index in [1.165, 1.54) is 22.3 Å². The lowest BCUT2D eigenvalue weighted by Gasteiger charge is -2.35. The predicted molar refractivity (Wildman–Crippen MR) is 87.8 cm³/mol. The first-order valence-electron chi connectivity index (χ1n) is 7.64. The molecule has 1 aromatic rings. The number of benzene rings is 1. The van der Waals surface area contributed by atoms with Crippen molar-refractivity contribution >= 4 is 17.5 Å². The van der Waals surface area contributed by atoms with Crippen LogP contribution in [0.15, 0.2) is 12.1 Å². The normalized spacial score (nSPS) is 16.3. The summed E-state index contributed by atoms with van der Waals surface area (Å²) in [5, 5.41) is 0. The molecule has 0 aromatic heterocycles. The van der Waals surface area contributed by atoms with E-state index in [0.29, 0.717) is 12.3 Å². The highest BCUT2D eigenvalue weighted by Gasteiger charge is 2.21. The molecule has 0 aliphatic carbocycles. The highest BCUT2D eigenvalue weighted by Crippen LogP contribution is 2.19. The molecule has 3 nitrogen and oxygen atoms in total. The summed E-state index contributed by atoms with van der Waals surface area (Å²) >= 11 is 5.64. The topological polar surface area (TPSA) is 23.6 Å². The molecule has 1 amide bonds. The molecule has 0 N–H and O–H groups in total. The van der Waals surface area contributed by atoms with Gasteiger partial charge in [0.15, 0.2) is 0 Å². The van der Waals surface area contributed by atoms with E-state index in [-0.39, 0.29) is 5.91 Å².